The van der Waals surface area contributed by atoms with Gasteiger partial charge < -0.3 is 4.74 Å². The largest absolute Gasteiger partial charge is 0.462 e. The highest BCUT2D eigenvalue weighted by Crippen LogP contribution is 2.44. The van der Waals surface area contributed by atoms with Gasteiger partial charge in [-0.2, -0.15) is 0 Å². The first kappa shape index (κ1) is 20.4. The van der Waals surface area contributed by atoms with E-state index in [9.17, 15) is 4.79 Å². The fraction of sp³-hybridized carbons (Fsp3) is 0.423. The predicted molar refractivity (Wildman–Crippen MR) is 117 cm³/mol. The second-order valence-electron chi connectivity index (χ2n) is 9.46. The molecule has 0 saturated heterocycles. The average molecular weight is 377 g/mol. The fourth-order valence-corrected chi connectivity index (χ4v) is 4.00. The summed E-state index contributed by atoms with van der Waals surface area (Å²) in [7, 11) is 0. The van der Waals surface area contributed by atoms with Gasteiger partial charge in [0.05, 0.1) is 12.2 Å². The molecule has 2 nitrogen and oxygen atoms in total. The lowest BCUT2D eigenvalue weighted by Crippen LogP contribution is -2.17. The molecule has 0 atom stereocenters. The number of carbonyl (C=O) groups is 1. The Morgan fingerprint density at radius 2 is 1.71 bits per heavy atom. The Labute approximate surface area is 169 Å². The summed E-state index contributed by atoms with van der Waals surface area (Å²) in [6.45, 7) is 18.1. The molecule has 1 aliphatic rings. The van der Waals surface area contributed by atoms with Crippen molar-refractivity contribution in [1.29, 1.82) is 0 Å². The predicted octanol–water partition coefficient (Wildman–Crippen LogP) is 6.45. The molecule has 3 rings (SSSR count). The highest BCUT2D eigenvalue weighted by atomic mass is 16.5. The van der Waals surface area contributed by atoms with E-state index in [4.69, 9.17) is 4.74 Å². The fourth-order valence-electron chi connectivity index (χ4n) is 4.00. The van der Waals surface area contributed by atoms with E-state index >= 15 is 0 Å². The van der Waals surface area contributed by atoms with E-state index in [1.54, 1.807) is 0 Å². The van der Waals surface area contributed by atoms with Gasteiger partial charge in [-0.1, -0.05) is 65.5 Å². The Morgan fingerprint density at radius 1 is 1.11 bits per heavy atom. The molecule has 148 valence electrons. The number of esters is 1. The first-order valence-corrected chi connectivity index (χ1v) is 10.2. The van der Waals surface area contributed by atoms with Gasteiger partial charge in [0.15, 0.2) is 0 Å². The minimum absolute atomic E-state index is 0.0799. The van der Waals surface area contributed by atoms with Crippen LogP contribution in [0.15, 0.2) is 43.0 Å². The van der Waals surface area contributed by atoms with Gasteiger partial charge in [-0.25, -0.2) is 4.79 Å². The van der Waals surface area contributed by atoms with Gasteiger partial charge in [-0.3, -0.25) is 0 Å². The van der Waals surface area contributed by atoms with E-state index in [0.29, 0.717) is 12.2 Å². The number of hydrogen-bond donors (Lipinski definition) is 0. The van der Waals surface area contributed by atoms with Crippen LogP contribution in [-0.4, -0.2) is 12.6 Å². The summed E-state index contributed by atoms with van der Waals surface area (Å²) in [5, 5.41) is 0. The smallest absolute Gasteiger partial charge is 0.338 e. The van der Waals surface area contributed by atoms with Crippen LogP contribution >= 0.6 is 0 Å². The van der Waals surface area contributed by atoms with Gasteiger partial charge in [0.2, 0.25) is 0 Å². The Balaban J connectivity index is 2.05. The topological polar surface area (TPSA) is 26.3 Å². The average Bonchev–Trinajstić information content (AvgIpc) is 2.95. The van der Waals surface area contributed by atoms with Crippen molar-refractivity contribution in [3.8, 4) is 0 Å². The lowest BCUT2D eigenvalue weighted by molar-refractivity contribution is 0.0526. The van der Waals surface area contributed by atoms with E-state index in [0.717, 1.165) is 24.0 Å². The molecule has 0 aliphatic heterocycles. The van der Waals surface area contributed by atoms with Crippen molar-refractivity contribution in [3.05, 3.63) is 76.4 Å². The number of rotatable bonds is 4. The van der Waals surface area contributed by atoms with E-state index < -0.39 is 0 Å². The maximum atomic E-state index is 11.9. The molecule has 0 aromatic heterocycles. The maximum Gasteiger partial charge on any atom is 0.338 e. The second-order valence-corrected chi connectivity index (χ2v) is 9.46. The molecule has 2 aromatic carbocycles. The van der Waals surface area contributed by atoms with Gasteiger partial charge in [0.1, 0.15) is 0 Å². The number of fused-ring (bicyclic) bond motifs is 1. The van der Waals surface area contributed by atoms with Crippen molar-refractivity contribution in [3.63, 3.8) is 0 Å². The van der Waals surface area contributed by atoms with Crippen LogP contribution in [-0.2, 0) is 22.0 Å². The van der Waals surface area contributed by atoms with Crippen LogP contribution in [0.3, 0.4) is 0 Å². The third-order valence-corrected chi connectivity index (χ3v) is 5.91. The van der Waals surface area contributed by atoms with E-state index in [-0.39, 0.29) is 16.8 Å². The lowest BCUT2D eigenvalue weighted by atomic mass is 9.78. The highest BCUT2D eigenvalue weighted by Gasteiger charge is 2.33. The SMILES string of the molecule is C=C(c1ccc(C(=O)OCC)cc1)c1cc(C(C)(C)C)cc2c1CCC2(C)C. The Hall–Kier alpha value is -2.35. The molecule has 0 spiro atoms. The molecule has 0 fully saturated rings. The van der Waals surface area contributed by atoms with Crippen LogP contribution < -0.4 is 0 Å². The highest BCUT2D eigenvalue weighted by molar-refractivity contribution is 5.90. The molecule has 28 heavy (non-hydrogen) atoms. The second kappa shape index (κ2) is 7.24. The summed E-state index contributed by atoms with van der Waals surface area (Å²) in [4.78, 5) is 11.9. The maximum absolute atomic E-state index is 11.9. The minimum Gasteiger partial charge on any atom is -0.462 e. The number of carbonyl (C=O) groups excluding carboxylic acids is 1. The lowest BCUT2D eigenvalue weighted by Gasteiger charge is -2.26. The van der Waals surface area contributed by atoms with E-state index in [1.165, 1.54) is 22.3 Å². The normalized spacial score (nSPS) is 15.2. The molecule has 0 unspecified atom stereocenters. The van der Waals surface area contributed by atoms with Crippen molar-refractivity contribution in [2.24, 2.45) is 0 Å². The third kappa shape index (κ3) is 3.78. The molecular weight excluding hydrogens is 344 g/mol. The molecule has 0 amide bonds. The molecule has 0 radical (unpaired) electrons. The van der Waals surface area contributed by atoms with Gasteiger partial charge in [-0.05, 0) is 76.1 Å². The van der Waals surface area contributed by atoms with Crippen molar-refractivity contribution in [1.82, 2.24) is 0 Å². The van der Waals surface area contributed by atoms with Crippen LogP contribution in [0.25, 0.3) is 5.57 Å². The number of benzene rings is 2. The zero-order chi connectivity index (χ0) is 20.7. The Bertz CT molecular complexity index is 909. The zero-order valence-corrected chi connectivity index (χ0v) is 18.1. The minimum atomic E-state index is -0.281. The Kier molecular flexibility index (Phi) is 5.27. The van der Waals surface area contributed by atoms with Gasteiger partial charge >= 0.3 is 5.97 Å². The molecule has 2 heteroatoms. The van der Waals surface area contributed by atoms with Crippen LogP contribution in [0, 0.1) is 0 Å². The van der Waals surface area contributed by atoms with Crippen molar-refractivity contribution in [2.45, 2.75) is 65.2 Å². The van der Waals surface area contributed by atoms with Crippen molar-refractivity contribution < 1.29 is 9.53 Å². The van der Waals surface area contributed by atoms with Crippen LogP contribution in [0.4, 0.5) is 0 Å². The summed E-state index contributed by atoms with van der Waals surface area (Å²) in [5.74, 6) is -0.281. The first-order chi connectivity index (χ1) is 13.0. The monoisotopic (exact) mass is 376 g/mol. The van der Waals surface area contributed by atoms with Crippen LogP contribution in [0.1, 0.15) is 86.1 Å². The van der Waals surface area contributed by atoms with Gasteiger partial charge in [0.25, 0.3) is 0 Å². The molecule has 0 bridgehead atoms. The quantitative estimate of drug-likeness (QED) is 0.573. The summed E-state index contributed by atoms with van der Waals surface area (Å²) < 4.78 is 5.09. The van der Waals surface area contributed by atoms with Crippen LogP contribution in [0.2, 0.25) is 0 Å². The van der Waals surface area contributed by atoms with Gasteiger partial charge in [0, 0.05) is 0 Å². The summed E-state index contributed by atoms with van der Waals surface area (Å²) in [5.41, 5.74) is 8.40. The summed E-state index contributed by atoms with van der Waals surface area (Å²) >= 11 is 0. The van der Waals surface area contributed by atoms with Crippen LogP contribution in [0.5, 0.6) is 0 Å². The standard InChI is InChI=1S/C26H32O2/c1-8-28-24(27)19-11-9-18(10-12-19)17(2)22-15-20(25(3,4)5)16-23-21(22)13-14-26(23,6)7/h9-12,15-16H,2,8,13-14H2,1,3-7H3. The molecule has 0 saturated carbocycles. The van der Waals surface area contributed by atoms with E-state index in [1.807, 2.05) is 31.2 Å². The van der Waals surface area contributed by atoms with Crippen molar-refractivity contribution in [2.75, 3.05) is 6.61 Å². The third-order valence-electron chi connectivity index (χ3n) is 5.91. The zero-order valence-electron chi connectivity index (χ0n) is 18.1. The van der Waals surface area contributed by atoms with E-state index in [2.05, 4.69) is 53.3 Å². The first-order valence-electron chi connectivity index (χ1n) is 10.2. The van der Waals surface area contributed by atoms with Crippen molar-refractivity contribution >= 4 is 11.5 Å². The number of ether oxygens (including phenoxy) is 1. The molecule has 0 heterocycles. The molecular formula is C26H32O2. The summed E-state index contributed by atoms with van der Waals surface area (Å²) in [6.07, 6.45) is 2.25. The van der Waals surface area contributed by atoms with Gasteiger partial charge in [-0.15, -0.1) is 0 Å². The Morgan fingerprint density at radius 3 is 2.29 bits per heavy atom. The number of hydrogen-bond acceptors (Lipinski definition) is 2. The molecule has 2 aromatic rings. The summed E-state index contributed by atoms with van der Waals surface area (Å²) in [6, 6.07) is 12.3. The molecule has 1 aliphatic carbocycles. The molecule has 0 N–H and O–H groups in total.